The molecule has 0 saturated carbocycles. The van der Waals surface area contributed by atoms with Gasteiger partial charge in [-0.05, 0) is 0 Å². The van der Waals surface area contributed by atoms with Gasteiger partial charge in [0.05, 0.1) is 0 Å². The molecule has 0 heterocycles. The summed E-state index contributed by atoms with van der Waals surface area (Å²) >= 11 is 1.11. The van der Waals surface area contributed by atoms with E-state index < -0.39 is 7.54 Å². The molecule has 0 amide bonds. The molecular weight excluding hydrogens is 155 g/mol. The Kier molecular flexibility index (Phi) is 17.8. The molecule has 0 spiro atoms. The van der Waals surface area contributed by atoms with Crippen LogP contribution in [0.1, 0.15) is 19.8 Å². The van der Waals surface area contributed by atoms with Crippen LogP contribution in [-0.4, -0.2) is 56.5 Å². The van der Waals surface area contributed by atoms with Gasteiger partial charge in [-0.3, -0.25) is 12.9 Å². The minimum absolute atomic E-state index is 1.11. The smallest absolute Gasteiger partial charge is 0.254 e. The minimum atomic E-state index is -3.67. The fourth-order valence-corrected chi connectivity index (χ4v) is 1.46. The van der Waals surface area contributed by atoms with Crippen LogP contribution < -0.4 is 0 Å². The molecule has 0 nitrogen and oxygen atoms in total. The van der Waals surface area contributed by atoms with E-state index in [9.17, 15) is 12.9 Å². The molecule has 0 radical (unpaired) electrons. The van der Waals surface area contributed by atoms with Crippen molar-refractivity contribution in [3.8, 4) is 0 Å². The maximum Gasteiger partial charge on any atom is 0.762 e. The molecule has 0 bridgehead atoms. The van der Waals surface area contributed by atoms with E-state index in [0.29, 0.717) is 0 Å². The molecule has 0 unspecified atom stereocenters. The van der Waals surface area contributed by atoms with Crippen molar-refractivity contribution in [2.75, 3.05) is 0 Å². The molecule has 0 aromatic heterocycles. The SMILES string of the molecule is CCC[CH2][K].FB(F)F. The Balaban J connectivity index is 0. The number of unbranched alkanes of at least 4 members (excludes halogenated alkanes) is 1. The first-order valence-corrected chi connectivity index (χ1v) is 5.28. The first-order valence-electron chi connectivity index (χ1n) is 3.07. The summed E-state index contributed by atoms with van der Waals surface area (Å²) in [6.07, 6.45) is 2.86. The van der Waals surface area contributed by atoms with E-state index in [4.69, 9.17) is 0 Å². The van der Waals surface area contributed by atoms with Crippen LogP contribution in [0.5, 0.6) is 0 Å². The third kappa shape index (κ3) is 43.7. The molecule has 9 heavy (non-hydrogen) atoms. The fourth-order valence-electron chi connectivity index (χ4n) is 0.354. The van der Waals surface area contributed by atoms with Gasteiger partial charge in [-0.15, -0.1) is 0 Å². The van der Waals surface area contributed by atoms with Gasteiger partial charge in [0.15, 0.2) is 0 Å². The van der Waals surface area contributed by atoms with Crippen LogP contribution >= 0.6 is 0 Å². The number of rotatable bonds is 2. The van der Waals surface area contributed by atoms with Crippen LogP contribution in [0.3, 0.4) is 0 Å². The van der Waals surface area contributed by atoms with E-state index in [1.807, 2.05) is 0 Å². The predicted molar refractivity (Wildman–Crippen MR) is 34.5 cm³/mol. The largest absolute Gasteiger partial charge is 0.762 e. The zero-order valence-electron chi connectivity index (χ0n) is 5.83. The Morgan fingerprint density at radius 2 is 1.67 bits per heavy atom. The number of halogens is 3. The van der Waals surface area contributed by atoms with Gasteiger partial charge in [0.25, 0.3) is 0 Å². The maximum atomic E-state index is 9.67. The zero-order valence-corrected chi connectivity index (χ0v) is 8.96. The van der Waals surface area contributed by atoms with Gasteiger partial charge in [-0.2, -0.15) is 0 Å². The van der Waals surface area contributed by atoms with Gasteiger partial charge in [-0.1, -0.05) is 0 Å². The Hall–Kier alpha value is 1.49. The van der Waals surface area contributed by atoms with Crippen molar-refractivity contribution in [1.29, 1.82) is 0 Å². The summed E-state index contributed by atoms with van der Waals surface area (Å²) in [4.78, 5) is 0. The molecule has 0 aromatic carbocycles. The van der Waals surface area contributed by atoms with Crippen molar-refractivity contribution in [2.45, 2.75) is 20.3 Å². The zero-order chi connectivity index (χ0) is 7.70. The van der Waals surface area contributed by atoms with Crippen molar-refractivity contribution < 1.29 is 12.9 Å². The quantitative estimate of drug-likeness (QED) is 0.549. The number of hydrogen-bond acceptors (Lipinski definition) is 0. The van der Waals surface area contributed by atoms with Crippen LogP contribution in [0.25, 0.3) is 0 Å². The molecule has 50 valence electrons. The molecule has 0 aromatic rings. The van der Waals surface area contributed by atoms with Crippen molar-refractivity contribution in [2.24, 2.45) is 0 Å². The molecule has 0 atom stereocenters. The van der Waals surface area contributed by atoms with Gasteiger partial charge in [0.2, 0.25) is 0 Å². The van der Waals surface area contributed by atoms with Gasteiger partial charge in [0, 0.05) is 0 Å². The van der Waals surface area contributed by atoms with Crippen LogP contribution in [0.2, 0.25) is 0.515 Å². The van der Waals surface area contributed by atoms with Crippen LogP contribution in [0, 0.1) is 0 Å². The second-order valence-corrected chi connectivity index (χ2v) is 3.16. The summed E-state index contributed by atoms with van der Waals surface area (Å²) in [5.74, 6) is 0. The first kappa shape index (κ1) is 13.1. The summed E-state index contributed by atoms with van der Waals surface area (Å²) < 4.78 is 30.5. The molecule has 0 rings (SSSR count). The molecule has 0 aliphatic heterocycles. The van der Waals surface area contributed by atoms with Crippen molar-refractivity contribution in [1.82, 2.24) is 0 Å². The van der Waals surface area contributed by atoms with Crippen molar-refractivity contribution in [3.63, 3.8) is 0 Å². The molecule has 0 aliphatic rings. The van der Waals surface area contributed by atoms with Gasteiger partial charge >= 0.3 is 76.8 Å². The summed E-state index contributed by atoms with van der Waals surface area (Å²) in [5, 5.41) is 0. The van der Waals surface area contributed by atoms with E-state index in [1.54, 1.807) is 0 Å². The normalized spacial score (nSPS) is 7.78. The summed E-state index contributed by atoms with van der Waals surface area (Å²) in [6.45, 7) is 2.24. The van der Waals surface area contributed by atoms with E-state index in [0.717, 1.165) is 49.0 Å². The van der Waals surface area contributed by atoms with Gasteiger partial charge in [0.1, 0.15) is 0 Å². The van der Waals surface area contributed by atoms with E-state index >= 15 is 0 Å². The van der Waals surface area contributed by atoms with Crippen LogP contribution in [-0.2, 0) is 0 Å². The molecular formula is C4H9BF3K. The Morgan fingerprint density at radius 1 is 1.33 bits per heavy atom. The fraction of sp³-hybridized carbons (Fsp3) is 1.00. The second-order valence-electron chi connectivity index (χ2n) is 1.60. The summed E-state index contributed by atoms with van der Waals surface area (Å²) in [6, 6.07) is 0. The standard InChI is InChI=1S/C4H9.BF3.K/c1-3-4-2;2-1(3)4;/h1,3-4H2,2H3;;. The summed E-state index contributed by atoms with van der Waals surface area (Å²) in [7, 11) is -3.67. The van der Waals surface area contributed by atoms with Crippen molar-refractivity contribution >= 4 is 56.5 Å². The first-order chi connectivity index (χ1) is 4.15. The topological polar surface area (TPSA) is 0 Å². The average molecular weight is 164 g/mol. The van der Waals surface area contributed by atoms with Gasteiger partial charge in [-0.25, -0.2) is 0 Å². The minimum Gasteiger partial charge on any atom is -0.254 e. The third-order valence-electron chi connectivity index (χ3n) is 0.707. The third-order valence-corrected chi connectivity index (χ3v) is 1.81. The average Bonchev–Trinajstić information content (AvgIpc) is 1.66. The molecule has 0 aliphatic carbocycles. The number of hydrogen-bond donors (Lipinski definition) is 0. The van der Waals surface area contributed by atoms with Gasteiger partial charge < -0.3 is 0 Å². The second kappa shape index (κ2) is 12.2. The summed E-state index contributed by atoms with van der Waals surface area (Å²) in [5.41, 5.74) is 0. The van der Waals surface area contributed by atoms with Crippen molar-refractivity contribution in [3.05, 3.63) is 0 Å². The monoisotopic (exact) mass is 164 g/mol. The Labute approximate surface area is 88.4 Å². The van der Waals surface area contributed by atoms with Crippen LogP contribution in [0.4, 0.5) is 12.9 Å². The molecule has 5 heteroatoms. The Morgan fingerprint density at radius 3 is 1.67 bits per heavy atom. The van der Waals surface area contributed by atoms with E-state index in [2.05, 4.69) is 6.92 Å². The maximum absolute atomic E-state index is 9.67. The molecule has 0 saturated heterocycles. The van der Waals surface area contributed by atoms with E-state index in [1.165, 1.54) is 13.4 Å². The predicted octanol–water partition coefficient (Wildman–Crippen LogP) is 2.25. The molecule has 0 fully saturated rings. The van der Waals surface area contributed by atoms with Crippen LogP contribution in [0.15, 0.2) is 0 Å². The molecule has 0 N–H and O–H groups in total. The van der Waals surface area contributed by atoms with E-state index in [-0.39, 0.29) is 0 Å². The Bertz CT molecular complexity index is 40.0.